The van der Waals surface area contributed by atoms with Crippen molar-refractivity contribution in [1.82, 2.24) is 0 Å². The van der Waals surface area contributed by atoms with E-state index in [1.165, 1.54) is 22.9 Å². The van der Waals surface area contributed by atoms with Gasteiger partial charge in [0.2, 0.25) is 0 Å². The summed E-state index contributed by atoms with van der Waals surface area (Å²) in [6, 6.07) is 6.47. The first-order valence-electron chi connectivity index (χ1n) is 5.91. The summed E-state index contributed by atoms with van der Waals surface area (Å²) < 4.78 is 0. The van der Waals surface area contributed by atoms with Crippen molar-refractivity contribution in [3.05, 3.63) is 41.5 Å². The first-order valence-corrected chi connectivity index (χ1v) is 5.91. The molecule has 0 atom stereocenters. The second kappa shape index (κ2) is 5.04. The average Bonchev–Trinajstić information content (AvgIpc) is 2.28. The van der Waals surface area contributed by atoms with Gasteiger partial charge < -0.3 is 10.0 Å². The number of aryl methyl sites for hydroxylation is 2. The normalized spacial score (nSPS) is 15.0. The molecule has 3 nitrogen and oxygen atoms in total. The van der Waals surface area contributed by atoms with E-state index in [0.717, 1.165) is 19.4 Å². The molecule has 1 aromatic carbocycles. The summed E-state index contributed by atoms with van der Waals surface area (Å²) in [4.78, 5) is 12.7. The van der Waals surface area contributed by atoms with Gasteiger partial charge in [-0.15, -0.1) is 0 Å². The van der Waals surface area contributed by atoms with E-state index in [-0.39, 0.29) is 0 Å². The minimum Gasteiger partial charge on any atom is -0.478 e. The number of hydrogen-bond acceptors (Lipinski definition) is 2. The Hall–Kier alpha value is -1.77. The van der Waals surface area contributed by atoms with E-state index in [0.29, 0.717) is 6.54 Å². The third-order valence-corrected chi connectivity index (χ3v) is 3.04. The van der Waals surface area contributed by atoms with Gasteiger partial charge in [-0.1, -0.05) is 23.8 Å². The van der Waals surface area contributed by atoms with Crippen molar-refractivity contribution in [2.24, 2.45) is 0 Å². The Morgan fingerprint density at radius 1 is 1.53 bits per heavy atom. The van der Waals surface area contributed by atoms with E-state index in [4.69, 9.17) is 5.11 Å². The lowest BCUT2D eigenvalue weighted by Gasteiger charge is -2.30. The Kier molecular flexibility index (Phi) is 3.47. The quantitative estimate of drug-likeness (QED) is 0.812. The largest absolute Gasteiger partial charge is 0.478 e. The number of fused-ring (bicyclic) bond motifs is 1. The zero-order valence-electron chi connectivity index (χ0n) is 10.0. The van der Waals surface area contributed by atoms with Gasteiger partial charge in [-0.05, 0) is 31.4 Å². The molecule has 0 amide bonds. The van der Waals surface area contributed by atoms with Crippen LogP contribution in [0.15, 0.2) is 30.4 Å². The van der Waals surface area contributed by atoms with E-state index < -0.39 is 5.97 Å². The Morgan fingerprint density at radius 2 is 2.35 bits per heavy atom. The van der Waals surface area contributed by atoms with Crippen molar-refractivity contribution in [1.29, 1.82) is 0 Å². The molecule has 0 aromatic heterocycles. The van der Waals surface area contributed by atoms with Gasteiger partial charge in [-0.2, -0.15) is 0 Å². The molecule has 0 unspecified atom stereocenters. The Bertz CT molecular complexity index is 452. The molecule has 0 saturated carbocycles. The first kappa shape index (κ1) is 11.7. The number of aliphatic carboxylic acids is 1. The number of anilines is 1. The smallest absolute Gasteiger partial charge is 0.328 e. The van der Waals surface area contributed by atoms with Gasteiger partial charge in [0, 0.05) is 24.9 Å². The fourth-order valence-corrected chi connectivity index (χ4v) is 2.27. The fraction of sp³-hybridized carbons (Fsp3) is 0.357. The standard InChI is InChI=1S/C14H17NO2/c1-11-6-7-13-12(10-11)4-2-8-15(13)9-3-5-14(16)17/h3,5-7,10H,2,4,8-9H2,1H3,(H,16,17). The molecule has 90 valence electrons. The summed E-state index contributed by atoms with van der Waals surface area (Å²) in [6.45, 7) is 3.77. The molecule has 1 N–H and O–H groups in total. The number of nitrogens with zero attached hydrogens (tertiary/aromatic N) is 1. The van der Waals surface area contributed by atoms with E-state index >= 15 is 0 Å². The molecule has 0 radical (unpaired) electrons. The molecule has 0 spiro atoms. The van der Waals surface area contributed by atoms with Crippen LogP contribution >= 0.6 is 0 Å². The van der Waals surface area contributed by atoms with Crippen LogP contribution in [-0.2, 0) is 11.2 Å². The lowest BCUT2D eigenvalue weighted by atomic mass is 9.99. The summed E-state index contributed by atoms with van der Waals surface area (Å²) in [5.74, 6) is -0.883. The summed E-state index contributed by atoms with van der Waals surface area (Å²) in [5.41, 5.74) is 3.91. The Balaban J connectivity index is 2.14. The van der Waals surface area contributed by atoms with Crippen LogP contribution in [-0.4, -0.2) is 24.2 Å². The minimum atomic E-state index is -0.883. The van der Waals surface area contributed by atoms with Gasteiger partial charge in [0.1, 0.15) is 0 Å². The van der Waals surface area contributed by atoms with Gasteiger partial charge >= 0.3 is 5.97 Å². The number of rotatable bonds is 3. The zero-order valence-corrected chi connectivity index (χ0v) is 10.0. The molecule has 0 bridgehead atoms. The average molecular weight is 231 g/mol. The first-order chi connectivity index (χ1) is 8.16. The number of benzene rings is 1. The second-order valence-corrected chi connectivity index (χ2v) is 4.42. The second-order valence-electron chi connectivity index (χ2n) is 4.42. The molecular formula is C14H17NO2. The number of carboxylic acid groups (broad SMARTS) is 1. The predicted molar refractivity (Wildman–Crippen MR) is 68.5 cm³/mol. The van der Waals surface area contributed by atoms with Crippen LogP contribution in [0.1, 0.15) is 17.5 Å². The van der Waals surface area contributed by atoms with E-state index in [1.54, 1.807) is 6.08 Å². The van der Waals surface area contributed by atoms with Crippen LogP contribution in [0, 0.1) is 6.92 Å². The molecule has 17 heavy (non-hydrogen) atoms. The molecule has 1 heterocycles. The number of carboxylic acids is 1. The van der Waals surface area contributed by atoms with Gasteiger partial charge in [0.25, 0.3) is 0 Å². The van der Waals surface area contributed by atoms with Crippen molar-refractivity contribution in [3.8, 4) is 0 Å². The van der Waals surface area contributed by atoms with E-state index in [9.17, 15) is 4.79 Å². The number of hydrogen-bond donors (Lipinski definition) is 1. The maximum atomic E-state index is 10.4. The SMILES string of the molecule is Cc1ccc2c(c1)CCCN2CC=CC(=O)O. The molecular weight excluding hydrogens is 214 g/mol. The monoisotopic (exact) mass is 231 g/mol. The molecule has 0 fully saturated rings. The van der Waals surface area contributed by atoms with Crippen molar-refractivity contribution >= 4 is 11.7 Å². The third-order valence-electron chi connectivity index (χ3n) is 3.04. The molecule has 1 aromatic rings. The lowest BCUT2D eigenvalue weighted by molar-refractivity contribution is -0.131. The molecule has 2 rings (SSSR count). The summed E-state index contributed by atoms with van der Waals surface area (Å²) in [7, 11) is 0. The maximum absolute atomic E-state index is 10.4. The summed E-state index contributed by atoms with van der Waals surface area (Å²) in [5, 5.41) is 8.57. The highest BCUT2D eigenvalue weighted by Gasteiger charge is 2.15. The van der Waals surface area contributed by atoms with Crippen molar-refractivity contribution in [2.75, 3.05) is 18.0 Å². The maximum Gasteiger partial charge on any atom is 0.328 e. The van der Waals surface area contributed by atoms with Crippen LogP contribution in [0.25, 0.3) is 0 Å². The molecule has 1 aliphatic heterocycles. The van der Waals surface area contributed by atoms with Crippen LogP contribution in [0.3, 0.4) is 0 Å². The van der Waals surface area contributed by atoms with Crippen LogP contribution in [0.2, 0.25) is 0 Å². The van der Waals surface area contributed by atoms with Crippen molar-refractivity contribution in [2.45, 2.75) is 19.8 Å². The molecule has 3 heteroatoms. The van der Waals surface area contributed by atoms with E-state index in [1.807, 2.05) is 0 Å². The molecule has 0 saturated heterocycles. The fourth-order valence-electron chi connectivity index (χ4n) is 2.27. The van der Waals surface area contributed by atoms with Crippen molar-refractivity contribution < 1.29 is 9.90 Å². The molecule has 0 aliphatic carbocycles. The summed E-state index contributed by atoms with van der Waals surface area (Å²) >= 11 is 0. The zero-order chi connectivity index (χ0) is 12.3. The van der Waals surface area contributed by atoms with Gasteiger partial charge in [0.15, 0.2) is 0 Å². The topological polar surface area (TPSA) is 40.5 Å². The highest BCUT2D eigenvalue weighted by atomic mass is 16.4. The predicted octanol–water partition coefficient (Wildman–Crippen LogP) is 2.39. The highest BCUT2D eigenvalue weighted by Crippen LogP contribution is 2.27. The van der Waals surface area contributed by atoms with Gasteiger partial charge in [-0.3, -0.25) is 0 Å². The van der Waals surface area contributed by atoms with E-state index in [2.05, 4.69) is 30.0 Å². The van der Waals surface area contributed by atoms with Crippen LogP contribution in [0.5, 0.6) is 0 Å². The molecule has 1 aliphatic rings. The Morgan fingerprint density at radius 3 is 3.12 bits per heavy atom. The third kappa shape index (κ3) is 2.87. The lowest BCUT2D eigenvalue weighted by Crippen LogP contribution is -2.29. The van der Waals surface area contributed by atoms with Crippen molar-refractivity contribution in [3.63, 3.8) is 0 Å². The highest BCUT2D eigenvalue weighted by molar-refractivity contribution is 5.79. The van der Waals surface area contributed by atoms with Gasteiger partial charge in [0.05, 0.1) is 0 Å². The van der Waals surface area contributed by atoms with Crippen LogP contribution < -0.4 is 4.90 Å². The Labute approximate surface area is 101 Å². The summed E-state index contributed by atoms with van der Waals surface area (Å²) in [6.07, 6.45) is 5.17. The minimum absolute atomic E-state index is 0.669. The van der Waals surface area contributed by atoms with Gasteiger partial charge in [-0.25, -0.2) is 4.79 Å². The van der Waals surface area contributed by atoms with Crippen LogP contribution in [0.4, 0.5) is 5.69 Å². The number of carbonyl (C=O) groups is 1.